The first-order valence-electron chi connectivity index (χ1n) is 12.9. The van der Waals surface area contributed by atoms with E-state index in [9.17, 15) is 38.3 Å². The van der Waals surface area contributed by atoms with Gasteiger partial charge in [-0.2, -0.15) is 0 Å². The smallest absolute Gasteiger partial charge is 0.343 e. The summed E-state index contributed by atoms with van der Waals surface area (Å²) >= 11 is 0. The van der Waals surface area contributed by atoms with Gasteiger partial charge in [0.15, 0.2) is 0 Å². The third kappa shape index (κ3) is 7.73. The zero-order valence-corrected chi connectivity index (χ0v) is 22.9. The highest BCUT2D eigenvalue weighted by atomic mass is 31.2. The highest BCUT2D eigenvalue weighted by Crippen LogP contribution is 2.40. The van der Waals surface area contributed by atoms with Crippen LogP contribution in [0.25, 0.3) is 0 Å². The van der Waals surface area contributed by atoms with E-state index < -0.39 is 43.8 Å². The molecule has 1 heterocycles. The minimum atomic E-state index is -5.00. The molecule has 2 fully saturated rings. The molecule has 1 aliphatic heterocycles. The Morgan fingerprint density at radius 1 is 1.03 bits per heavy atom. The minimum absolute atomic E-state index is 0.0924. The van der Waals surface area contributed by atoms with E-state index in [4.69, 9.17) is 5.73 Å². The van der Waals surface area contributed by atoms with Crippen molar-refractivity contribution in [2.24, 2.45) is 11.7 Å². The molecule has 1 aliphatic carbocycles. The van der Waals surface area contributed by atoms with Crippen LogP contribution in [0.3, 0.4) is 0 Å². The number of benzene rings is 1. The largest absolute Gasteiger partial charge is 0.357 e. The van der Waals surface area contributed by atoms with Crippen molar-refractivity contribution in [1.82, 2.24) is 10.2 Å². The number of amides is 2. The Balaban J connectivity index is 1.71. The molecule has 208 valence electrons. The van der Waals surface area contributed by atoms with Gasteiger partial charge in [0, 0.05) is 12.6 Å². The van der Waals surface area contributed by atoms with E-state index in [2.05, 4.69) is 12.2 Å². The summed E-state index contributed by atoms with van der Waals surface area (Å²) in [5, 5.41) is 1.22. The van der Waals surface area contributed by atoms with Crippen molar-refractivity contribution in [3.63, 3.8) is 0 Å². The fourth-order valence-corrected chi connectivity index (χ4v) is 7.78. The van der Waals surface area contributed by atoms with Gasteiger partial charge < -0.3 is 35.5 Å². The van der Waals surface area contributed by atoms with Crippen molar-refractivity contribution >= 4 is 37.6 Å². The van der Waals surface area contributed by atoms with E-state index >= 15 is 0 Å². The average Bonchev–Trinajstić information content (AvgIpc) is 3.00. The maximum absolute atomic E-state index is 13.5. The number of hydrogen-bond acceptors (Lipinski definition) is 5. The van der Waals surface area contributed by atoms with Gasteiger partial charge in [0.05, 0.1) is 16.7 Å². The lowest BCUT2D eigenvalue weighted by molar-refractivity contribution is -0.139. The highest BCUT2D eigenvalue weighted by molar-refractivity contribution is 7.67. The third-order valence-electron chi connectivity index (χ3n) is 7.51. The van der Waals surface area contributed by atoms with E-state index in [0.717, 1.165) is 44.2 Å². The van der Waals surface area contributed by atoms with Crippen LogP contribution in [-0.4, -0.2) is 61.0 Å². The molecule has 1 aromatic rings. The quantitative estimate of drug-likeness (QED) is 0.240. The zero-order valence-electron chi connectivity index (χ0n) is 21.2. The first kappa shape index (κ1) is 30.0. The standard InChI is InChI=1S/C24H39N3O8P2/c1-2-20(17-8-4-3-5-9-17)27-13-7-6-10-19(24(27)29)26-23(28)18(25)14-16-11-12-21(36(30,31)32)22(15-16)37(33,34)35/h11-12,15,17-20H,2-10,13-14,25H2,1H3,(H,26,28)(H2,30,31,32)(H2,33,34,35)/t18-,19-,20?/m0/s1. The maximum atomic E-state index is 13.5. The molecule has 2 aliphatic rings. The molecule has 3 rings (SSSR count). The van der Waals surface area contributed by atoms with Gasteiger partial charge in [-0.05, 0) is 68.6 Å². The molecule has 11 nitrogen and oxygen atoms in total. The Bertz CT molecular complexity index is 1070. The van der Waals surface area contributed by atoms with Crippen LogP contribution in [0.2, 0.25) is 0 Å². The number of carbonyl (C=O) groups is 2. The Morgan fingerprint density at radius 2 is 1.65 bits per heavy atom. The molecule has 1 saturated heterocycles. The lowest BCUT2D eigenvalue weighted by atomic mass is 9.82. The van der Waals surface area contributed by atoms with Gasteiger partial charge in [-0.1, -0.05) is 32.3 Å². The maximum Gasteiger partial charge on any atom is 0.357 e. The van der Waals surface area contributed by atoms with E-state index in [0.29, 0.717) is 18.9 Å². The van der Waals surface area contributed by atoms with Crippen molar-refractivity contribution in [2.45, 2.75) is 89.3 Å². The van der Waals surface area contributed by atoms with Gasteiger partial charge >= 0.3 is 15.2 Å². The normalized spacial score (nSPS) is 21.8. The molecule has 1 aromatic carbocycles. The fourth-order valence-electron chi connectivity index (χ4n) is 5.66. The van der Waals surface area contributed by atoms with Crippen LogP contribution in [0.4, 0.5) is 0 Å². The van der Waals surface area contributed by atoms with Crippen LogP contribution >= 0.6 is 15.2 Å². The summed E-state index contributed by atoms with van der Waals surface area (Å²) in [6, 6.07) is 1.51. The van der Waals surface area contributed by atoms with Crippen molar-refractivity contribution in [3.8, 4) is 0 Å². The topological polar surface area (TPSA) is 190 Å². The molecule has 37 heavy (non-hydrogen) atoms. The molecule has 3 atom stereocenters. The van der Waals surface area contributed by atoms with Crippen molar-refractivity contribution < 1.29 is 38.3 Å². The summed E-state index contributed by atoms with van der Waals surface area (Å²) < 4.78 is 23.5. The Morgan fingerprint density at radius 3 is 2.24 bits per heavy atom. The second-order valence-corrected chi connectivity index (χ2v) is 13.3. The second-order valence-electron chi connectivity index (χ2n) is 10.2. The fraction of sp³-hybridized carbons (Fsp3) is 0.667. The molecular weight excluding hydrogens is 520 g/mol. The summed E-state index contributed by atoms with van der Waals surface area (Å²) in [5.41, 5.74) is 6.32. The molecular formula is C24H39N3O8P2. The lowest BCUT2D eigenvalue weighted by Gasteiger charge is -2.39. The summed E-state index contributed by atoms with van der Waals surface area (Å²) in [6.45, 7) is 2.77. The van der Waals surface area contributed by atoms with Crippen molar-refractivity contribution in [3.05, 3.63) is 23.8 Å². The molecule has 1 unspecified atom stereocenters. The molecule has 13 heteroatoms. The van der Waals surface area contributed by atoms with Crippen LogP contribution in [0.15, 0.2) is 18.2 Å². The second kappa shape index (κ2) is 12.5. The molecule has 0 aromatic heterocycles. The molecule has 1 saturated carbocycles. The van der Waals surface area contributed by atoms with E-state index in [1.165, 1.54) is 25.3 Å². The average molecular weight is 560 g/mol. The van der Waals surface area contributed by atoms with Gasteiger partial charge in [0.25, 0.3) is 0 Å². The van der Waals surface area contributed by atoms with Crippen LogP contribution < -0.4 is 21.7 Å². The Hall–Kier alpha value is -1.58. The highest BCUT2D eigenvalue weighted by Gasteiger charge is 2.36. The predicted octanol–water partition coefficient (Wildman–Crippen LogP) is 1.02. The van der Waals surface area contributed by atoms with Gasteiger partial charge in [0.2, 0.25) is 11.8 Å². The number of nitrogens with one attached hydrogen (secondary N) is 1. The third-order valence-corrected chi connectivity index (χ3v) is 9.70. The number of nitrogens with zero attached hydrogens (tertiary/aromatic N) is 1. The Labute approximate surface area is 217 Å². The number of likely N-dealkylation sites (tertiary alicyclic amines) is 1. The van der Waals surface area contributed by atoms with Crippen LogP contribution in [0, 0.1) is 5.92 Å². The molecule has 0 radical (unpaired) electrons. The van der Waals surface area contributed by atoms with Gasteiger partial charge in [-0.15, -0.1) is 0 Å². The van der Waals surface area contributed by atoms with Gasteiger partial charge in [-0.25, -0.2) is 0 Å². The first-order valence-corrected chi connectivity index (χ1v) is 16.2. The SMILES string of the molecule is CCC(C1CCCCC1)N1CCCC[C@H](NC(=O)[C@@H](N)Cc2ccc(P(=O)(O)O)c(P(=O)(O)O)c2)C1=O. The zero-order chi connectivity index (χ0) is 27.4. The number of nitrogens with two attached hydrogens (primary N) is 1. The van der Waals surface area contributed by atoms with Crippen LogP contribution in [-0.2, 0) is 25.1 Å². The summed E-state index contributed by atoms with van der Waals surface area (Å²) in [5.74, 6) is -0.188. The summed E-state index contributed by atoms with van der Waals surface area (Å²) in [6.07, 6.45) is 8.71. The molecule has 7 N–H and O–H groups in total. The van der Waals surface area contributed by atoms with E-state index in [1.54, 1.807) is 0 Å². The number of rotatable bonds is 9. The lowest BCUT2D eigenvalue weighted by Crippen LogP contribution is -2.55. The van der Waals surface area contributed by atoms with Crippen molar-refractivity contribution in [2.75, 3.05) is 6.54 Å². The number of carbonyl (C=O) groups excluding carboxylic acids is 2. The molecule has 2 amide bonds. The van der Waals surface area contributed by atoms with E-state index in [1.807, 2.05) is 4.90 Å². The van der Waals surface area contributed by atoms with Gasteiger partial charge in [-0.3, -0.25) is 18.7 Å². The van der Waals surface area contributed by atoms with E-state index in [-0.39, 0.29) is 23.9 Å². The molecule has 0 bridgehead atoms. The number of hydrogen-bond donors (Lipinski definition) is 6. The Kier molecular flexibility index (Phi) is 10.1. The molecule has 0 spiro atoms. The van der Waals surface area contributed by atoms with Gasteiger partial charge in [0.1, 0.15) is 6.04 Å². The summed E-state index contributed by atoms with van der Waals surface area (Å²) in [7, 11) is -9.94. The minimum Gasteiger partial charge on any atom is -0.343 e. The van der Waals surface area contributed by atoms with Crippen LogP contribution in [0.1, 0.15) is 70.3 Å². The summed E-state index contributed by atoms with van der Waals surface area (Å²) in [4.78, 5) is 66.4. The van der Waals surface area contributed by atoms with Crippen LogP contribution in [0.5, 0.6) is 0 Å². The first-order chi connectivity index (χ1) is 17.3. The van der Waals surface area contributed by atoms with Crippen molar-refractivity contribution in [1.29, 1.82) is 0 Å². The predicted molar refractivity (Wildman–Crippen MR) is 140 cm³/mol. The monoisotopic (exact) mass is 559 g/mol.